The van der Waals surface area contributed by atoms with Gasteiger partial charge in [-0.05, 0) is 87.7 Å². The Morgan fingerprint density at radius 1 is 1.17 bits per heavy atom. The van der Waals surface area contributed by atoms with Crippen molar-refractivity contribution in [1.82, 2.24) is 5.32 Å². The highest BCUT2D eigenvalue weighted by molar-refractivity contribution is 5.97. The number of carbonyl (C=O) groups excluding carboxylic acids is 1. The second-order valence-corrected chi connectivity index (χ2v) is 8.40. The van der Waals surface area contributed by atoms with Gasteiger partial charge < -0.3 is 10.1 Å². The molecule has 3 heteroatoms. The monoisotopic (exact) mass is 327 g/mol. The van der Waals surface area contributed by atoms with Gasteiger partial charge in [-0.3, -0.25) is 4.79 Å². The number of hydrogen-bond donors (Lipinski definition) is 1. The molecule has 0 saturated heterocycles. The molecule has 1 aromatic carbocycles. The molecule has 0 aromatic heterocycles. The summed E-state index contributed by atoms with van der Waals surface area (Å²) in [5.74, 6) is 3.43. The van der Waals surface area contributed by atoms with Crippen LogP contribution in [-0.2, 0) is 0 Å². The smallest absolute Gasteiger partial charge is 0.255 e. The summed E-state index contributed by atoms with van der Waals surface area (Å²) in [5.41, 5.74) is 1.00. The van der Waals surface area contributed by atoms with Crippen molar-refractivity contribution in [3.8, 4) is 5.75 Å². The maximum atomic E-state index is 12.9. The highest BCUT2D eigenvalue weighted by Gasteiger charge is 2.53. The number of benzene rings is 1. The molecule has 1 amide bonds. The number of para-hydroxylation sites is 1. The van der Waals surface area contributed by atoms with E-state index in [1.165, 1.54) is 38.5 Å². The van der Waals surface area contributed by atoms with Crippen LogP contribution in [0.4, 0.5) is 0 Å². The van der Waals surface area contributed by atoms with E-state index in [9.17, 15) is 4.79 Å². The normalized spacial score (nSPS) is 34.8. The Balaban J connectivity index is 1.50. The van der Waals surface area contributed by atoms with Gasteiger partial charge in [-0.1, -0.05) is 12.1 Å². The summed E-state index contributed by atoms with van der Waals surface area (Å²) in [5, 5.41) is 3.33. The molecule has 0 radical (unpaired) electrons. The van der Waals surface area contributed by atoms with Crippen LogP contribution in [0, 0.1) is 23.2 Å². The molecule has 24 heavy (non-hydrogen) atoms. The number of carbonyl (C=O) groups is 1. The molecule has 0 spiro atoms. The van der Waals surface area contributed by atoms with Crippen LogP contribution in [0.5, 0.6) is 5.75 Å². The third kappa shape index (κ3) is 2.72. The Morgan fingerprint density at radius 2 is 1.75 bits per heavy atom. The van der Waals surface area contributed by atoms with Gasteiger partial charge >= 0.3 is 0 Å². The molecule has 0 heterocycles. The van der Waals surface area contributed by atoms with Crippen molar-refractivity contribution < 1.29 is 9.53 Å². The van der Waals surface area contributed by atoms with Gasteiger partial charge in [0.2, 0.25) is 0 Å². The van der Waals surface area contributed by atoms with Crippen molar-refractivity contribution in [1.29, 1.82) is 0 Å². The summed E-state index contributed by atoms with van der Waals surface area (Å²) in [7, 11) is 0. The van der Waals surface area contributed by atoms with E-state index in [1.54, 1.807) is 0 Å². The molecule has 5 rings (SSSR count). The molecular weight excluding hydrogens is 298 g/mol. The number of nitrogens with one attached hydrogen (secondary N) is 1. The van der Waals surface area contributed by atoms with E-state index in [0.717, 1.165) is 17.8 Å². The minimum Gasteiger partial charge on any atom is -0.493 e. The lowest BCUT2D eigenvalue weighted by Crippen LogP contribution is -2.55. The van der Waals surface area contributed by atoms with Gasteiger partial charge in [-0.15, -0.1) is 0 Å². The molecule has 4 bridgehead atoms. The highest BCUT2D eigenvalue weighted by Crippen LogP contribution is 2.61. The Labute approximate surface area is 145 Å². The fourth-order valence-corrected chi connectivity index (χ4v) is 6.07. The first kappa shape index (κ1) is 16.0. The number of hydrogen-bond acceptors (Lipinski definition) is 2. The van der Waals surface area contributed by atoms with Crippen LogP contribution in [0.25, 0.3) is 0 Å². The molecule has 4 aliphatic carbocycles. The lowest BCUT2D eigenvalue weighted by atomic mass is 9.48. The summed E-state index contributed by atoms with van der Waals surface area (Å²) < 4.78 is 5.63. The van der Waals surface area contributed by atoms with Crippen LogP contribution in [-0.4, -0.2) is 18.6 Å². The molecule has 3 nitrogen and oxygen atoms in total. The van der Waals surface area contributed by atoms with Crippen molar-refractivity contribution in [2.75, 3.05) is 6.61 Å². The van der Waals surface area contributed by atoms with Gasteiger partial charge in [-0.2, -0.15) is 0 Å². The van der Waals surface area contributed by atoms with Crippen molar-refractivity contribution in [2.45, 2.75) is 58.4 Å². The molecule has 4 fully saturated rings. The van der Waals surface area contributed by atoms with E-state index in [-0.39, 0.29) is 11.9 Å². The first-order valence-electron chi connectivity index (χ1n) is 9.62. The van der Waals surface area contributed by atoms with Crippen LogP contribution in [0.1, 0.15) is 62.7 Å². The van der Waals surface area contributed by atoms with Crippen molar-refractivity contribution in [3.05, 3.63) is 29.8 Å². The van der Waals surface area contributed by atoms with E-state index in [2.05, 4.69) is 12.2 Å². The van der Waals surface area contributed by atoms with Crippen LogP contribution < -0.4 is 10.1 Å². The lowest BCUT2D eigenvalue weighted by molar-refractivity contribution is -0.0688. The molecule has 130 valence electrons. The van der Waals surface area contributed by atoms with Gasteiger partial charge in [0.1, 0.15) is 5.75 Å². The standard InChI is InChI=1S/C21H29NO2/c1-3-24-19-7-5-4-6-18(19)20(23)22-14(2)21-11-15-8-16(12-21)10-17(9-15)13-21/h4-7,14-17H,3,8-13H2,1-2H3,(H,22,23)/t14-,15?,16?,17?,21?/m1/s1. The summed E-state index contributed by atoms with van der Waals surface area (Å²) in [4.78, 5) is 12.9. The fourth-order valence-electron chi connectivity index (χ4n) is 6.07. The van der Waals surface area contributed by atoms with Crippen molar-refractivity contribution in [3.63, 3.8) is 0 Å². The molecule has 0 unspecified atom stereocenters. The molecule has 4 aliphatic rings. The largest absolute Gasteiger partial charge is 0.493 e. The van der Waals surface area contributed by atoms with Gasteiger partial charge in [0.25, 0.3) is 5.91 Å². The van der Waals surface area contributed by atoms with Gasteiger partial charge in [0.15, 0.2) is 0 Å². The zero-order valence-corrected chi connectivity index (χ0v) is 14.9. The molecule has 1 atom stereocenters. The Morgan fingerprint density at radius 3 is 2.33 bits per heavy atom. The quantitative estimate of drug-likeness (QED) is 0.869. The Bertz CT molecular complexity index is 589. The predicted octanol–water partition coefficient (Wildman–Crippen LogP) is 4.42. The van der Waals surface area contributed by atoms with E-state index >= 15 is 0 Å². The third-order valence-electron chi connectivity index (χ3n) is 6.78. The molecular formula is C21H29NO2. The first-order valence-corrected chi connectivity index (χ1v) is 9.62. The van der Waals surface area contributed by atoms with E-state index in [4.69, 9.17) is 4.74 Å². The SMILES string of the molecule is CCOc1ccccc1C(=O)N[C@H](C)C12CC3CC(CC(C3)C1)C2. The van der Waals surface area contributed by atoms with Gasteiger partial charge in [-0.25, -0.2) is 0 Å². The number of amides is 1. The minimum atomic E-state index is 0.0160. The van der Waals surface area contributed by atoms with Crippen molar-refractivity contribution in [2.24, 2.45) is 23.2 Å². The lowest BCUT2D eigenvalue weighted by Gasteiger charge is -2.59. The predicted molar refractivity (Wildman–Crippen MR) is 95.1 cm³/mol. The summed E-state index contributed by atoms with van der Waals surface area (Å²) in [6.07, 6.45) is 8.25. The van der Waals surface area contributed by atoms with Gasteiger partial charge in [0.05, 0.1) is 12.2 Å². The van der Waals surface area contributed by atoms with E-state index in [1.807, 2.05) is 31.2 Å². The summed E-state index contributed by atoms with van der Waals surface area (Å²) in [6, 6.07) is 7.82. The molecule has 4 saturated carbocycles. The molecule has 0 aliphatic heterocycles. The third-order valence-corrected chi connectivity index (χ3v) is 6.78. The second-order valence-electron chi connectivity index (χ2n) is 8.40. The average molecular weight is 327 g/mol. The minimum absolute atomic E-state index is 0.0160. The molecule has 1 aromatic rings. The van der Waals surface area contributed by atoms with Crippen molar-refractivity contribution >= 4 is 5.91 Å². The Kier molecular flexibility index (Phi) is 4.06. The average Bonchev–Trinajstić information content (AvgIpc) is 2.54. The fraction of sp³-hybridized carbons (Fsp3) is 0.667. The van der Waals surface area contributed by atoms with Crippen LogP contribution >= 0.6 is 0 Å². The summed E-state index contributed by atoms with van der Waals surface area (Å²) in [6.45, 7) is 4.76. The highest BCUT2D eigenvalue weighted by atomic mass is 16.5. The number of rotatable bonds is 5. The van der Waals surface area contributed by atoms with Crippen LogP contribution in [0.15, 0.2) is 24.3 Å². The van der Waals surface area contributed by atoms with Crippen LogP contribution in [0.2, 0.25) is 0 Å². The zero-order chi connectivity index (χ0) is 16.7. The van der Waals surface area contributed by atoms with E-state index < -0.39 is 0 Å². The topological polar surface area (TPSA) is 38.3 Å². The maximum Gasteiger partial charge on any atom is 0.255 e. The van der Waals surface area contributed by atoms with Gasteiger partial charge in [0, 0.05) is 6.04 Å². The number of ether oxygens (including phenoxy) is 1. The zero-order valence-electron chi connectivity index (χ0n) is 14.9. The summed E-state index contributed by atoms with van der Waals surface area (Å²) >= 11 is 0. The first-order chi connectivity index (χ1) is 11.6. The second kappa shape index (κ2) is 6.09. The van der Waals surface area contributed by atoms with E-state index in [0.29, 0.717) is 23.3 Å². The van der Waals surface area contributed by atoms with Crippen LogP contribution in [0.3, 0.4) is 0 Å². The molecule has 1 N–H and O–H groups in total. The maximum absolute atomic E-state index is 12.9. The Hall–Kier alpha value is -1.51.